The fourth-order valence-electron chi connectivity index (χ4n) is 1.93. The van der Waals surface area contributed by atoms with Crippen LogP contribution in [-0.4, -0.2) is 18.0 Å². The molecular formula is C8H12O2. The highest BCUT2D eigenvalue weighted by Gasteiger charge is 2.53. The van der Waals surface area contributed by atoms with Crippen LogP contribution >= 0.6 is 0 Å². The third-order valence-corrected chi connectivity index (χ3v) is 2.75. The Labute approximate surface area is 60.6 Å². The fraction of sp³-hybridized carbons (Fsp3) is 0.875. The molecule has 2 saturated heterocycles. The van der Waals surface area contributed by atoms with Crippen molar-refractivity contribution < 1.29 is 9.53 Å². The highest BCUT2D eigenvalue weighted by molar-refractivity contribution is 5.91. The van der Waals surface area contributed by atoms with Gasteiger partial charge in [-0.1, -0.05) is 13.8 Å². The van der Waals surface area contributed by atoms with E-state index in [-0.39, 0.29) is 17.6 Å². The zero-order chi connectivity index (χ0) is 7.35. The summed E-state index contributed by atoms with van der Waals surface area (Å²) in [5.74, 6) is 0.309. The number of carbonyl (C=O) groups is 1. The van der Waals surface area contributed by atoms with Crippen LogP contribution in [0.2, 0.25) is 0 Å². The Bertz CT molecular complexity index is 184. The van der Waals surface area contributed by atoms with Crippen molar-refractivity contribution >= 4 is 5.78 Å². The molecule has 0 aromatic carbocycles. The molecule has 2 atom stereocenters. The van der Waals surface area contributed by atoms with E-state index < -0.39 is 0 Å². The predicted molar refractivity (Wildman–Crippen MR) is 36.7 cm³/mol. The maximum absolute atomic E-state index is 11.4. The van der Waals surface area contributed by atoms with Gasteiger partial charge in [-0.25, -0.2) is 0 Å². The number of fused-ring (bicyclic) bond motifs is 2. The molecule has 0 radical (unpaired) electrons. The van der Waals surface area contributed by atoms with Gasteiger partial charge in [0.15, 0.2) is 5.78 Å². The average Bonchev–Trinajstić information content (AvgIpc) is 2.37. The molecule has 2 heteroatoms. The Hall–Kier alpha value is -0.370. The monoisotopic (exact) mass is 140 g/mol. The van der Waals surface area contributed by atoms with Crippen molar-refractivity contribution in [3.8, 4) is 0 Å². The standard InChI is InChI=1S/C8H12O2/c1-8(2)6-4-3-5(10-6)7(8)9/h5-6H,3-4H2,1-2H3/t5-,6+/m1/s1. The second-order valence-corrected chi connectivity index (χ2v) is 3.78. The number of carbonyl (C=O) groups excluding carboxylic acids is 1. The van der Waals surface area contributed by atoms with E-state index in [0.29, 0.717) is 5.78 Å². The van der Waals surface area contributed by atoms with Crippen molar-refractivity contribution in [3.63, 3.8) is 0 Å². The lowest BCUT2D eigenvalue weighted by Gasteiger charge is -2.23. The maximum atomic E-state index is 11.4. The fourth-order valence-corrected chi connectivity index (χ4v) is 1.93. The minimum absolute atomic E-state index is 0.0556. The van der Waals surface area contributed by atoms with Crippen LogP contribution in [0.15, 0.2) is 0 Å². The third-order valence-electron chi connectivity index (χ3n) is 2.75. The van der Waals surface area contributed by atoms with Gasteiger partial charge in [0.2, 0.25) is 0 Å². The number of hydrogen-bond donors (Lipinski definition) is 0. The van der Waals surface area contributed by atoms with Crippen LogP contribution < -0.4 is 0 Å². The van der Waals surface area contributed by atoms with Gasteiger partial charge in [-0.3, -0.25) is 4.79 Å². The summed E-state index contributed by atoms with van der Waals surface area (Å²) in [5, 5.41) is 0. The summed E-state index contributed by atoms with van der Waals surface area (Å²) in [6.45, 7) is 3.97. The molecule has 56 valence electrons. The molecule has 2 heterocycles. The Morgan fingerprint density at radius 1 is 1.50 bits per heavy atom. The molecule has 0 aromatic heterocycles. The van der Waals surface area contributed by atoms with E-state index in [4.69, 9.17) is 4.74 Å². The quantitative estimate of drug-likeness (QED) is 0.504. The van der Waals surface area contributed by atoms with Gasteiger partial charge in [0.25, 0.3) is 0 Å². The van der Waals surface area contributed by atoms with E-state index in [1.165, 1.54) is 0 Å². The highest BCUT2D eigenvalue weighted by atomic mass is 16.5. The van der Waals surface area contributed by atoms with Gasteiger partial charge in [0.1, 0.15) is 6.10 Å². The SMILES string of the molecule is CC1(C)C(=O)[C@H]2CC[C@@H]1O2. The molecule has 0 unspecified atom stereocenters. The smallest absolute Gasteiger partial charge is 0.169 e. The van der Waals surface area contributed by atoms with E-state index in [0.717, 1.165) is 12.8 Å². The molecule has 0 amide bonds. The van der Waals surface area contributed by atoms with Crippen LogP contribution in [-0.2, 0) is 9.53 Å². The topological polar surface area (TPSA) is 26.3 Å². The molecule has 0 saturated carbocycles. The lowest BCUT2D eigenvalue weighted by atomic mass is 9.76. The average molecular weight is 140 g/mol. The molecule has 2 rings (SSSR count). The lowest BCUT2D eigenvalue weighted by Crippen LogP contribution is -2.35. The van der Waals surface area contributed by atoms with Gasteiger partial charge in [-0.2, -0.15) is 0 Å². The van der Waals surface area contributed by atoms with E-state index in [1.807, 2.05) is 13.8 Å². The number of rotatable bonds is 0. The first kappa shape index (κ1) is 6.35. The van der Waals surface area contributed by atoms with E-state index >= 15 is 0 Å². The van der Waals surface area contributed by atoms with Crippen LogP contribution in [0, 0.1) is 5.41 Å². The molecule has 2 nitrogen and oxygen atoms in total. The molecule has 2 aliphatic rings. The summed E-state index contributed by atoms with van der Waals surface area (Å²) in [5.41, 5.74) is -0.192. The van der Waals surface area contributed by atoms with Crippen LogP contribution in [0.5, 0.6) is 0 Å². The lowest BCUT2D eigenvalue weighted by molar-refractivity contribution is -0.127. The molecular weight excluding hydrogens is 128 g/mol. The van der Waals surface area contributed by atoms with Crippen LogP contribution in [0.25, 0.3) is 0 Å². The van der Waals surface area contributed by atoms with Gasteiger partial charge in [0.05, 0.1) is 11.5 Å². The molecule has 0 spiro atoms. The highest BCUT2D eigenvalue weighted by Crippen LogP contribution is 2.44. The third kappa shape index (κ3) is 0.553. The Morgan fingerprint density at radius 3 is 2.50 bits per heavy atom. The van der Waals surface area contributed by atoms with Gasteiger partial charge in [0, 0.05) is 0 Å². The predicted octanol–water partition coefficient (Wildman–Crippen LogP) is 1.14. The number of hydrogen-bond acceptors (Lipinski definition) is 2. The zero-order valence-electron chi connectivity index (χ0n) is 6.39. The minimum Gasteiger partial charge on any atom is -0.366 e. The van der Waals surface area contributed by atoms with Crippen molar-refractivity contribution in [1.29, 1.82) is 0 Å². The van der Waals surface area contributed by atoms with E-state index in [2.05, 4.69) is 0 Å². The van der Waals surface area contributed by atoms with Gasteiger partial charge in [-0.15, -0.1) is 0 Å². The van der Waals surface area contributed by atoms with Crippen molar-refractivity contribution in [2.45, 2.75) is 38.9 Å². The summed E-state index contributed by atoms with van der Waals surface area (Å²) in [4.78, 5) is 11.4. The Morgan fingerprint density at radius 2 is 2.20 bits per heavy atom. The summed E-state index contributed by atoms with van der Waals surface area (Å²) in [6, 6.07) is 0. The number of ketones is 1. The Balaban J connectivity index is 2.34. The largest absolute Gasteiger partial charge is 0.366 e. The summed E-state index contributed by atoms with van der Waals surface area (Å²) >= 11 is 0. The summed E-state index contributed by atoms with van der Waals surface area (Å²) in [7, 11) is 0. The second-order valence-electron chi connectivity index (χ2n) is 3.78. The first-order valence-electron chi connectivity index (χ1n) is 3.82. The van der Waals surface area contributed by atoms with Crippen molar-refractivity contribution in [2.24, 2.45) is 5.41 Å². The first-order chi connectivity index (χ1) is 4.62. The molecule has 10 heavy (non-hydrogen) atoms. The maximum Gasteiger partial charge on any atom is 0.169 e. The van der Waals surface area contributed by atoms with Crippen LogP contribution in [0.4, 0.5) is 0 Å². The minimum atomic E-state index is -0.192. The van der Waals surface area contributed by atoms with E-state index in [1.54, 1.807) is 0 Å². The second kappa shape index (κ2) is 1.62. The summed E-state index contributed by atoms with van der Waals surface area (Å²) < 4.78 is 5.45. The Kier molecular flexibility index (Phi) is 1.03. The van der Waals surface area contributed by atoms with Gasteiger partial charge >= 0.3 is 0 Å². The summed E-state index contributed by atoms with van der Waals surface area (Å²) in [6.07, 6.45) is 2.18. The molecule has 0 N–H and O–H groups in total. The van der Waals surface area contributed by atoms with E-state index in [9.17, 15) is 4.79 Å². The van der Waals surface area contributed by atoms with Crippen LogP contribution in [0.3, 0.4) is 0 Å². The van der Waals surface area contributed by atoms with Crippen molar-refractivity contribution in [3.05, 3.63) is 0 Å². The molecule has 2 aliphatic heterocycles. The number of Topliss-reactive ketones (excluding diaryl/α,β-unsaturated/α-hetero) is 1. The van der Waals surface area contributed by atoms with Crippen molar-refractivity contribution in [2.75, 3.05) is 0 Å². The molecule has 2 fully saturated rings. The van der Waals surface area contributed by atoms with Crippen molar-refractivity contribution in [1.82, 2.24) is 0 Å². The molecule has 0 aromatic rings. The number of ether oxygens (including phenoxy) is 1. The zero-order valence-corrected chi connectivity index (χ0v) is 6.39. The normalized spacial score (nSPS) is 42.8. The molecule has 0 aliphatic carbocycles. The first-order valence-corrected chi connectivity index (χ1v) is 3.82. The van der Waals surface area contributed by atoms with Crippen LogP contribution in [0.1, 0.15) is 26.7 Å². The molecule has 2 bridgehead atoms. The van der Waals surface area contributed by atoms with Gasteiger partial charge < -0.3 is 4.74 Å². The van der Waals surface area contributed by atoms with Gasteiger partial charge in [-0.05, 0) is 12.8 Å².